The van der Waals surface area contributed by atoms with Gasteiger partial charge in [0.05, 0.1) is 0 Å². The van der Waals surface area contributed by atoms with Crippen molar-refractivity contribution >= 4 is 22.0 Å². The van der Waals surface area contributed by atoms with Crippen molar-refractivity contribution in [2.45, 2.75) is 45.3 Å². The molecule has 1 aromatic rings. The lowest BCUT2D eigenvalue weighted by Gasteiger charge is -2.36. The van der Waals surface area contributed by atoms with Gasteiger partial charge in [0.15, 0.2) is 0 Å². The molecule has 0 bridgehead atoms. The van der Waals surface area contributed by atoms with E-state index in [0.717, 1.165) is 29.4 Å². The van der Waals surface area contributed by atoms with E-state index in [9.17, 15) is 4.79 Å². The van der Waals surface area contributed by atoms with Crippen LogP contribution in [0.1, 0.15) is 45.2 Å². The fourth-order valence-corrected chi connectivity index (χ4v) is 3.34. The lowest BCUT2D eigenvalue weighted by molar-refractivity contribution is 0.0152. The monoisotopic (exact) mass is 368 g/mol. The van der Waals surface area contributed by atoms with Crippen molar-refractivity contribution in [3.05, 3.63) is 34.3 Å². The first kappa shape index (κ1) is 17.3. The first-order valence-corrected chi connectivity index (χ1v) is 8.55. The number of ether oxygens (including phenoxy) is 1. The molecule has 1 heterocycles. The van der Waals surface area contributed by atoms with E-state index < -0.39 is 5.60 Å². The summed E-state index contributed by atoms with van der Waals surface area (Å²) in [6.45, 7) is 7.06. The summed E-state index contributed by atoms with van der Waals surface area (Å²) in [5.41, 5.74) is 7.08. The third-order valence-electron chi connectivity index (χ3n) is 3.88. The number of nitrogens with zero attached hydrogens (tertiary/aromatic N) is 1. The van der Waals surface area contributed by atoms with Crippen LogP contribution in [0.5, 0.6) is 0 Å². The standard InChI is InChI=1S/C17H25BrN2O2/c1-17(2,3)22-16(21)20-10-6-7-12(11-20)15(19)13-8-4-5-9-14(13)18/h4-5,8-9,12,15H,6-7,10-11,19H2,1-3H3. The van der Waals surface area contributed by atoms with Crippen LogP contribution < -0.4 is 5.73 Å². The molecule has 0 radical (unpaired) electrons. The molecule has 2 N–H and O–H groups in total. The van der Waals surface area contributed by atoms with Crippen LogP contribution in [-0.2, 0) is 4.74 Å². The summed E-state index contributed by atoms with van der Waals surface area (Å²) < 4.78 is 6.50. The summed E-state index contributed by atoms with van der Waals surface area (Å²) >= 11 is 3.56. The molecule has 22 heavy (non-hydrogen) atoms. The number of benzene rings is 1. The van der Waals surface area contributed by atoms with Crippen molar-refractivity contribution in [1.82, 2.24) is 4.90 Å². The molecule has 0 spiro atoms. The van der Waals surface area contributed by atoms with Gasteiger partial charge in [0.25, 0.3) is 0 Å². The Labute approximate surface area is 141 Å². The summed E-state index contributed by atoms with van der Waals surface area (Å²) in [5, 5.41) is 0. The molecule has 4 nitrogen and oxygen atoms in total. The second-order valence-electron chi connectivity index (χ2n) is 6.88. The molecule has 1 aromatic carbocycles. The summed E-state index contributed by atoms with van der Waals surface area (Å²) in [5.74, 6) is 0.250. The van der Waals surface area contributed by atoms with Crippen LogP contribution in [0.4, 0.5) is 4.79 Å². The number of amides is 1. The van der Waals surface area contributed by atoms with E-state index in [4.69, 9.17) is 10.5 Å². The van der Waals surface area contributed by atoms with Gasteiger partial charge in [0.1, 0.15) is 5.60 Å². The van der Waals surface area contributed by atoms with E-state index in [1.807, 2.05) is 45.0 Å². The van der Waals surface area contributed by atoms with Crippen molar-refractivity contribution in [2.75, 3.05) is 13.1 Å². The van der Waals surface area contributed by atoms with Gasteiger partial charge in [-0.25, -0.2) is 4.79 Å². The molecule has 122 valence electrons. The molecule has 1 amide bonds. The second kappa shape index (κ2) is 7.01. The average molecular weight is 369 g/mol. The highest BCUT2D eigenvalue weighted by atomic mass is 79.9. The molecule has 2 unspecified atom stereocenters. The minimum Gasteiger partial charge on any atom is -0.444 e. The van der Waals surface area contributed by atoms with Gasteiger partial charge in [-0.1, -0.05) is 34.1 Å². The smallest absolute Gasteiger partial charge is 0.410 e. The van der Waals surface area contributed by atoms with Crippen molar-refractivity contribution in [3.8, 4) is 0 Å². The minimum absolute atomic E-state index is 0.0826. The predicted octanol–water partition coefficient (Wildman–Crippen LogP) is 4.10. The first-order valence-electron chi connectivity index (χ1n) is 7.76. The number of piperidine rings is 1. The highest BCUT2D eigenvalue weighted by Crippen LogP contribution is 2.32. The Bertz CT molecular complexity index is 528. The maximum absolute atomic E-state index is 12.2. The highest BCUT2D eigenvalue weighted by Gasteiger charge is 2.31. The van der Waals surface area contributed by atoms with Gasteiger partial charge in [-0.05, 0) is 51.2 Å². The van der Waals surface area contributed by atoms with Crippen molar-refractivity contribution in [1.29, 1.82) is 0 Å². The molecule has 2 atom stereocenters. The zero-order valence-electron chi connectivity index (χ0n) is 13.5. The van der Waals surface area contributed by atoms with Gasteiger partial charge in [0, 0.05) is 23.6 Å². The Hall–Kier alpha value is -1.07. The molecule has 0 aliphatic carbocycles. The van der Waals surface area contributed by atoms with Gasteiger partial charge < -0.3 is 15.4 Å². The number of rotatable bonds is 2. The van der Waals surface area contributed by atoms with Crippen LogP contribution in [0, 0.1) is 5.92 Å². The summed E-state index contributed by atoms with van der Waals surface area (Å²) in [4.78, 5) is 14.0. The molecule has 1 aliphatic heterocycles. The molecule has 0 aromatic heterocycles. The van der Waals surface area contributed by atoms with E-state index in [1.165, 1.54) is 0 Å². The molecular weight excluding hydrogens is 344 g/mol. The Morgan fingerprint density at radius 2 is 2.09 bits per heavy atom. The largest absolute Gasteiger partial charge is 0.444 e. The number of carbonyl (C=O) groups excluding carboxylic acids is 1. The number of likely N-dealkylation sites (tertiary alicyclic amines) is 1. The van der Waals surface area contributed by atoms with Gasteiger partial charge in [-0.3, -0.25) is 0 Å². The van der Waals surface area contributed by atoms with E-state index in [1.54, 1.807) is 4.90 Å². The fourth-order valence-electron chi connectivity index (χ4n) is 2.79. The Morgan fingerprint density at radius 3 is 2.73 bits per heavy atom. The third kappa shape index (κ3) is 4.46. The fraction of sp³-hybridized carbons (Fsp3) is 0.588. The van der Waals surface area contributed by atoms with Crippen molar-refractivity contribution < 1.29 is 9.53 Å². The van der Waals surface area contributed by atoms with E-state index in [-0.39, 0.29) is 18.1 Å². The van der Waals surface area contributed by atoms with Gasteiger partial charge in [-0.2, -0.15) is 0 Å². The lowest BCUT2D eigenvalue weighted by atomic mass is 9.87. The van der Waals surface area contributed by atoms with Crippen molar-refractivity contribution in [3.63, 3.8) is 0 Å². The van der Waals surface area contributed by atoms with Crippen LogP contribution in [0.2, 0.25) is 0 Å². The summed E-state index contributed by atoms with van der Waals surface area (Å²) in [6, 6.07) is 7.94. The molecule has 1 aliphatic rings. The zero-order valence-corrected chi connectivity index (χ0v) is 15.1. The maximum atomic E-state index is 12.2. The molecule has 5 heteroatoms. The summed E-state index contributed by atoms with van der Waals surface area (Å²) in [7, 11) is 0. The first-order chi connectivity index (χ1) is 10.3. The van der Waals surface area contributed by atoms with Gasteiger partial charge in [-0.15, -0.1) is 0 Å². The quantitative estimate of drug-likeness (QED) is 0.854. The Morgan fingerprint density at radius 1 is 1.41 bits per heavy atom. The molecular formula is C17H25BrN2O2. The van der Waals surface area contributed by atoms with E-state index >= 15 is 0 Å². The molecule has 0 saturated carbocycles. The van der Waals surface area contributed by atoms with Crippen LogP contribution >= 0.6 is 15.9 Å². The molecule has 2 rings (SSSR count). The van der Waals surface area contributed by atoms with Crippen LogP contribution in [0.3, 0.4) is 0 Å². The normalized spacial score (nSPS) is 20.6. The number of nitrogens with two attached hydrogens (primary N) is 1. The van der Waals surface area contributed by atoms with Gasteiger partial charge in [0.2, 0.25) is 0 Å². The second-order valence-corrected chi connectivity index (χ2v) is 7.73. The maximum Gasteiger partial charge on any atom is 0.410 e. The van der Waals surface area contributed by atoms with Crippen LogP contribution in [0.15, 0.2) is 28.7 Å². The van der Waals surface area contributed by atoms with E-state index in [0.29, 0.717) is 6.54 Å². The van der Waals surface area contributed by atoms with Gasteiger partial charge >= 0.3 is 6.09 Å². The van der Waals surface area contributed by atoms with Crippen molar-refractivity contribution in [2.24, 2.45) is 11.7 Å². The Balaban J connectivity index is 2.04. The molecule has 1 fully saturated rings. The summed E-state index contributed by atoms with van der Waals surface area (Å²) in [6.07, 6.45) is 1.75. The van der Waals surface area contributed by atoms with Crippen LogP contribution in [0.25, 0.3) is 0 Å². The zero-order chi connectivity index (χ0) is 16.3. The third-order valence-corrected chi connectivity index (χ3v) is 4.60. The van der Waals surface area contributed by atoms with Crippen LogP contribution in [-0.4, -0.2) is 29.7 Å². The lowest BCUT2D eigenvalue weighted by Crippen LogP contribution is -2.45. The Kier molecular flexibility index (Phi) is 5.50. The van der Waals surface area contributed by atoms with E-state index in [2.05, 4.69) is 15.9 Å². The SMILES string of the molecule is CC(C)(C)OC(=O)N1CCCC(C(N)c2ccccc2Br)C1. The average Bonchev–Trinajstić information content (AvgIpc) is 2.45. The predicted molar refractivity (Wildman–Crippen MR) is 91.6 cm³/mol. The topological polar surface area (TPSA) is 55.6 Å². The number of hydrogen-bond donors (Lipinski definition) is 1. The number of halogens is 1. The minimum atomic E-state index is -0.464. The molecule has 1 saturated heterocycles. The highest BCUT2D eigenvalue weighted by molar-refractivity contribution is 9.10. The number of carbonyl (C=O) groups is 1. The number of hydrogen-bond acceptors (Lipinski definition) is 3.